The smallest absolute Gasteiger partial charge is 0.222 e. The van der Waals surface area contributed by atoms with E-state index in [4.69, 9.17) is 0 Å². The van der Waals surface area contributed by atoms with Crippen molar-refractivity contribution in [2.75, 3.05) is 13.1 Å². The first kappa shape index (κ1) is 22.5. The van der Waals surface area contributed by atoms with Crippen LogP contribution in [0.4, 0.5) is 4.39 Å². The molecule has 0 aliphatic carbocycles. The fourth-order valence-corrected chi connectivity index (χ4v) is 5.13. The number of aromatic amines is 1. The van der Waals surface area contributed by atoms with Gasteiger partial charge in [-0.05, 0) is 74.3 Å². The summed E-state index contributed by atoms with van der Waals surface area (Å²) in [5, 5.41) is 1.17. The van der Waals surface area contributed by atoms with E-state index < -0.39 is 0 Å². The van der Waals surface area contributed by atoms with Gasteiger partial charge < -0.3 is 9.88 Å². The number of pyridine rings is 1. The van der Waals surface area contributed by atoms with Crippen molar-refractivity contribution in [1.29, 1.82) is 0 Å². The van der Waals surface area contributed by atoms with Gasteiger partial charge >= 0.3 is 0 Å². The summed E-state index contributed by atoms with van der Waals surface area (Å²) in [7, 11) is 0. The average Bonchev–Trinajstić information content (AvgIpc) is 3.15. The Labute approximate surface area is 190 Å². The summed E-state index contributed by atoms with van der Waals surface area (Å²) in [6, 6.07) is 8.45. The second-order valence-electron chi connectivity index (χ2n) is 9.49. The van der Waals surface area contributed by atoms with E-state index in [1.807, 2.05) is 17.9 Å². The van der Waals surface area contributed by atoms with Gasteiger partial charge in [0.25, 0.3) is 0 Å². The molecule has 5 heteroatoms. The fraction of sp³-hybridized carbons (Fsp3) is 0.481. The van der Waals surface area contributed by atoms with Crippen molar-refractivity contribution in [3.8, 4) is 11.3 Å². The van der Waals surface area contributed by atoms with Crippen LogP contribution in [0.5, 0.6) is 0 Å². The van der Waals surface area contributed by atoms with Crippen LogP contribution in [0.15, 0.2) is 24.3 Å². The maximum Gasteiger partial charge on any atom is 0.222 e. The predicted octanol–water partition coefficient (Wildman–Crippen LogP) is 6.62. The molecule has 0 bridgehead atoms. The van der Waals surface area contributed by atoms with Gasteiger partial charge in [0.2, 0.25) is 5.91 Å². The Hall–Kier alpha value is -2.69. The molecule has 0 spiro atoms. The lowest BCUT2D eigenvalue weighted by Gasteiger charge is -2.32. The minimum absolute atomic E-state index is 0.246. The molecule has 32 heavy (non-hydrogen) atoms. The summed E-state index contributed by atoms with van der Waals surface area (Å²) in [6.45, 7) is 11.7. The number of amides is 1. The molecule has 3 aromatic rings. The SMILES string of the molecule is CCCC(=O)N1CCC(c2ccc3[nH]c(-c4cc(C)nc(C)c4F)c(C(C)C)c3c2)CC1. The lowest BCUT2D eigenvalue weighted by Crippen LogP contribution is -2.37. The van der Waals surface area contributed by atoms with Crippen molar-refractivity contribution in [2.45, 2.75) is 72.1 Å². The van der Waals surface area contributed by atoms with E-state index in [1.165, 1.54) is 10.9 Å². The quantitative estimate of drug-likeness (QED) is 0.490. The van der Waals surface area contributed by atoms with Gasteiger partial charge in [0.05, 0.1) is 11.4 Å². The number of fused-ring (bicyclic) bond motifs is 1. The number of hydrogen-bond acceptors (Lipinski definition) is 2. The molecule has 1 amide bonds. The van der Waals surface area contributed by atoms with Crippen LogP contribution in [-0.2, 0) is 4.79 Å². The van der Waals surface area contributed by atoms with Gasteiger partial charge in [-0.15, -0.1) is 0 Å². The van der Waals surface area contributed by atoms with Gasteiger partial charge in [0.1, 0.15) is 0 Å². The maximum absolute atomic E-state index is 15.1. The molecule has 4 rings (SSSR count). The minimum Gasteiger partial charge on any atom is -0.354 e. The normalized spacial score (nSPS) is 15.2. The monoisotopic (exact) mass is 435 g/mol. The Balaban J connectivity index is 1.70. The summed E-state index contributed by atoms with van der Waals surface area (Å²) in [5.41, 5.74) is 6.21. The zero-order valence-corrected chi connectivity index (χ0v) is 19.9. The molecule has 3 heterocycles. The van der Waals surface area contributed by atoms with Gasteiger partial charge in [-0.2, -0.15) is 0 Å². The zero-order valence-electron chi connectivity index (χ0n) is 19.9. The number of benzene rings is 1. The number of nitrogens with one attached hydrogen (secondary N) is 1. The van der Waals surface area contributed by atoms with Gasteiger partial charge in [-0.25, -0.2) is 4.39 Å². The van der Waals surface area contributed by atoms with E-state index in [0.29, 0.717) is 23.6 Å². The number of carbonyl (C=O) groups excluding carboxylic acids is 1. The Morgan fingerprint density at radius 1 is 1.22 bits per heavy atom. The number of carbonyl (C=O) groups is 1. The van der Waals surface area contributed by atoms with Gasteiger partial charge in [-0.1, -0.05) is 26.8 Å². The highest BCUT2D eigenvalue weighted by molar-refractivity contribution is 5.92. The van der Waals surface area contributed by atoms with Crippen molar-refractivity contribution < 1.29 is 9.18 Å². The van der Waals surface area contributed by atoms with Crippen LogP contribution in [-0.4, -0.2) is 33.9 Å². The van der Waals surface area contributed by atoms with Gasteiger partial charge in [-0.3, -0.25) is 9.78 Å². The third-order valence-electron chi connectivity index (χ3n) is 6.74. The first-order valence-electron chi connectivity index (χ1n) is 11.9. The van der Waals surface area contributed by atoms with Crippen LogP contribution < -0.4 is 0 Å². The van der Waals surface area contributed by atoms with Crippen LogP contribution in [0.3, 0.4) is 0 Å². The number of nitrogens with zero attached hydrogens (tertiary/aromatic N) is 2. The number of aromatic nitrogens is 2. The molecule has 1 fully saturated rings. The highest BCUT2D eigenvalue weighted by Crippen LogP contribution is 2.39. The molecule has 1 aromatic carbocycles. The molecular formula is C27H34FN3O. The highest BCUT2D eigenvalue weighted by atomic mass is 19.1. The first-order chi connectivity index (χ1) is 15.3. The van der Waals surface area contributed by atoms with E-state index in [2.05, 4.69) is 48.9 Å². The van der Waals surface area contributed by atoms with Crippen LogP contribution in [0.2, 0.25) is 0 Å². The van der Waals surface area contributed by atoms with E-state index in [-0.39, 0.29) is 17.6 Å². The molecule has 1 aliphatic heterocycles. The maximum atomic E-state index is 15.1. The molecule has 4 nitrogen and oxygen atoms in total. The Bertz CT molecular complexity index is 1140. The van der Waals surface area contributed by atoms with E-state index in [1.54, 1.807) is 6.92 Å². The van der Waals surface area contributed by atoms with Crippen LogP contribution in [0, 0.1) is 19.7 Å². The fourth-order valence-electron chi connectivity index (χ4n) is 5.13. The summed E-state index contributed by atoms with van der Waals surface area (Å²) < 4.78 is 15.1. The number of aryl methyl sites for hydroxylation is 2. The van der Waals surface area contributed by atoms with Crippen LogP contribution in [0.25, 0.3) is 22.2 Å². The van der Waals surface area contributed by atoms with Crippen LogP contribution in [0.1, 0.15) is 80.8 Å². The predicted molar refractivity (Wildman–Crippen MR) is 129 cm³/mol. The number of likely N-dealkylation sites (tertiary alicyclic amines) is 1. The zero-order chi connectivity index (χ0) is 23.0. The van der Waals surface area contributed by atoms with E-state index >= 15 is 4.39 Å². The van der Waals surface area contributed by atoms with Crippen molar-refractivity contribution >= 4 is 16.8 Å². The molecule has 0 atom stereocenters. The summed E-state index contributed by atoms with van der Waals surface area (Å²) >= 11 is 0. The van der Waals surface area contributed by atoms with E-state index in [9.17, 15) is 4.79 Å². The summed E-state index contributed by atoms with van der Waals surface area (Å²) in [5.74, 6) is 0.721. The number of rotatable bonds is 5. The third-order valence-corrected chi connectivity index (χ3v) is 6.74. The molecular weight excluding hydrogens is 401 g/mol. The number of halogens is 1. The molecule has 1 saturated heterocycles. The lowest BCUT2D eigenvalue weighted by molar-refractivity contribution is -0.132. The Morgan fingerprint density at radius 2 is 1.94 bits per heavy atom. The molecule has 1 aliphatic rings. The Morgan fingerprint density at radius 3 is 2.59 bits per heavy atom. The van der Waals surface area contributed by atoms with Crippen molar-refractivity contribution in [3.63, 3.8) is 0 Å². The average molecular weight is 436 g/mol. The molecule has 0 unspecified atom stereocenters. The second-order valence-corrected chi connectivity index (χ2v) is 9.49. The largest absolute Gasteiger partial charge is 0.354 e. The number of piperidine rings is 1. The summed E-state index contributed by atoms with van der Waals surface area (Å²) in [6.07, 6.45) is 3.53. The topological polar surface area (TPSA) is 49.0 Å². The van der Waals surface area contributed by atoms with Crippen molar-refractivity contribution in [3.05, 3.63) is 52.6 Å². The van der Waals surface area contributed by atoms with Crippen LogP contribution >= 0.6 is 0 Å². The first-order valence-corrected chi connectivity index (χ1v) is 11.9. The number of H-pyrrole nitrogens is 1. The summed E-state index contributed by atoms with van der Waals surface area (Å²) in [4.78, 5) is 22.0. The van der Waals surface area contributed by atoms with Crippen molar-refractivity contribution in [2.24, 2.45) is 0 Å². The van der Waals surface area contributed by atoms with Crippen molar-refractivity contribution in [1.82, 2.24) is 14.9 Å². The minimum atomic E-state index is -0.256. The molecule has 0 radical (unpaired) electrons. The van der Waals surface area contributed by atoms with Gasteiger partial charge in [0.15, 0.2) is 5.82 Å². The molecule has 0 saturated carbocycles. The standard InChI is InChI=1S/C27H34FN3O/c1-6-7-24(32)31-12-10-19(11-13-31)20-8-9-23-21(15-20)25(16(2)3)27(30-23)22-14-17(4)29-18(5)26(22)28/h8-9,14-16,19,30H,6-7,10-13H2,1-5H3. The number of hydrogen-bond donors (Lipinski definition) is 1. The third kappa shape index (κ3) is 4.17. The van der Waals surface area contributed by atoms with Gasteiger partial charge in [0, 0.05) is 41.7 Å². The molecule has 2 aromatic heterocycles. The Kier molecular flexibility index (Phi) is 6.36. The lowest BCUT2D eigenvalue weighted by atomic mass is 9.87. The highest BCUT2D eigenvalue weighted by Gasteiger charge is 2.25. The molecule has 1 N–H and O–H groups in total. The molecule has 170 valence electrons. The van der Waals surface area contributed by atoms with E-state index in [0.717, 1.165) is 54.8 Å². The second kappa shape index (κ2) is 9.05.